The summed E-state index contributed by atoms with van der Waals surface area (Å²) in [7, 11) is -1.41. The van der Waals surface area contributed by atoms with Gasteiger partial charge in [-0.05, 0) is 25.0 Å². The molecule has 13 heteroatoms. The number of carbonyl (C=O) groups is 3. The molecule has 162 valence electrons. The maximum atomic E-state index is 13.0. The van der Waals surface area contributed by atoms with Crippen LogP contribution in [0.3, 0.4) is 0 Å². The van der Waals surface area contributed by atoms with E-state index in [1.807, 2.05) is 0 Å². The van der Waals surface area contributed by atoms with Gasteiger partial charge in [0.25, 0.3) is 5.91 Å². The SMILES string of the molecule is CC(O/N=C(\C(=O)C[C@H]1Cc2cccc(C(=O)O)c2OB1O)c1csc(N)n1)C(N)=O. The molecule has 31 heavy (non-hydrogen) atoms. The van der Waals surface area contributed by atoms with Gasteiger partial charge in [0.15, 0.2) is 16.6 Å². The molecule has 0 saturated carbocycles. The average Bonchev–Trinajstić information content (AvgIpc) is 3.13. The van der Waals surface area contributed by atoms with Crippen molar-refractivity contribution in [2.24, 2.45) is 10.9 Å². The molecule has 1 amide bonds. The Balaban J connectivity index is 1.83. The van der Waals surface area contributed by atoms with Crippen LogP contribution in [0.15, 0.2) is 28.7 Å². The van der Waals surface area contributed by atoms with Gasteiger partial charge in [0.05, 0.1) is 5.56 Å². The van der Waals surface area contributed by atoms with Crippen molar-refractivity contribution in [3.63, 3.8) is 0 Å². The number of nitrogen functional groups attached to an aromatic ring is 1. The van der Waals surface area contributed by atoms with E-state index in [4.69, 9.17) is 21.0 Å². The number of benzene rings is 1. The molecule has 6 N–H and O–H groups in total. The lowest BCUT2D eigenvalue weighted by Gasteiger charge is -2.28. The lowest BCUT2D eigenvalue weighted by atomic mass is 9.64. The van der Waals surface area contributed by atoms with Crippen molar-refractivity contribution in [1.29, 1.82) is 0 Å². The third-order valence-electron chi connectivity index (χ3n) is 4.63. The highest BCUT2D eigenvalue weighted by Gasteiger charge is 2.39. The van der Waals surface area contributed by atoms with Gasteiger partial charge in [0.1, 0.15) is 11.4 Å². The number of primary amides is 1. The second-order valence-corrected chi connectivity index (χ2v) is 7.75. The van der Waals surface area contributed by atoms with Gasteiger partial charge in [-0.15, -0.1) is 11.3 Å². The lowest BCUT2D eigenvalue weighted by Crippen LogP contribution is -2.37. The average molecular weight is 446 g/mol. The number of hydrogen-bond acceptors (Lipinski definition) is 10. The Labute approximate surface area is 180 Å². The number of carboxylic acid groups (broad SMARTS) is 1. The fraction of sp³-hybridized carbons (Fsp3) is 0.278. The highest BCUT2D eigenvalue weighted by molar-refractivity contribution is 7.13. The van der Waals surface area contributed by atoms with Crippen LogP contribution in [0.4, 0.5) is 5.13 Å². The van der Waals surface area contributed by atoms with E-state index < -0.39 is 36.7 Å². The number of carboxylic acids is 1. The molecule has 0 spiro atoms. The van der Waals surface area contributed by atoms with Gasteiger partial charge in [0, 0.05) is 17.6 Å². The summed E-state index contributed by atoms with van der Waals surface area (Å²) in [6.07, 6.45) is -1.08. The highest BCUT2D eigenvalue weighted by atomic mass is 32.1. The second kappa shape index (κ2) is 9.14. The Morgan fingerprint density at radius 2 is 2.19 bits per heavy atom. The molecule has 2 atom stereocenters. The molecule has 1 aromatic heterocycles. The van der Waals surface area contributed by atoms with Gasteiger partial charge in [0.2, 0.25) is 6.10 Å². The summed E-state index contributed by atoms with van der Waals surface area (Å²) in [6.45, 7) is 1.37. The third-order valence-corrected chi connectivity index (χ3v) is 5.30. The molecule has 0 fully saturated rings. The number of fused-ring (bicyclic) bond motifs is 1. The molecular formula is C18H19BN4O7S. The molecule has 1 unspecified atom stereocenters. The van der Waals surface area contributed by atoms with Crippen LogP contribution in [0.25, 0.3) is 0 Å². The largest absolute Gasteiger partial charge is 0.535 e. The number of nitrogens with zero attached hydrogens (tertiary/aromatic N) is 2. The zero-order valence-electron chi connectivity index (χ0n) is 16.3. The fourth-order valence-electron chi connectivity index (χ4n) is 2.98. The van der Waals surface area contributed by atoms with Crippen LogP contribution in [0.2, 0.25) is 5.82 Å². The quantitative estimate of drug-likeness (QED) is 0.254. The van der Waals surface area contributed by atoms with Gasteiger partial charge in [-0.1, -0.05) is 17.3 Å². The normalized spacial score (nSPS) is 16.8. The number of hydrogen-bond donors (Lipinski definition) is 4. The predicted molar refractivity (Wildman–Crippen MR) is 112 cm³/mol. The standard InChI is InChI=1S/C18H19BN4O7S/c1-8(16(20)25)30-23-14(12-7-31-18(21)22-12)13(24)6-10-5-9-3-2-4-11(17(26)27)15(9)29-19(10)28/h2-4,7-8,10,28H,5-6H2,1H3,(H2,20,25)(H2,21,22)(H,26,27)/b23-14-/t8?,10-/m1/s1. The first-order valence-corrected chi connectivity index (χ1v) is 10.0. The number of thiazole rings is 1. The van der Waals surface area contributed by atoms with E-state index in [2.05, 4.69) is 10.1 Å². The van der Waals surface area contributed by atoms with Crippen molar-refractivity contribution < 1.29 is 34.0 Å². The number of oxime groups is 1. The second-order valence-electron chi connectivity index (χ2n) is 6.86. The Morgan fingerprint density at radius 3 is 2.81 bits per heavy atom. The first-order chi connectivity index (χ1) is 14.7. The van der Waals surface area contributed by atoms with Crippen LogP contribution < -0.4 is 16.1 Å². The number of nitrogens with two attached hydrogens (primary N) is 2. The number of anilines is 1. The van der Waals surface area contributed by atoms with Crippen LogP contribution in [-0.4, -0.2) is 51.7 Å². The van der Waals surface area contributed by atoms with Gasteiger partial charge >= 0.3 is 13.1 Å². The molecular weight excluding hydrogens is 427 g/mol. The summed E-state index contributed by atoms with van der Waals surface area (Å²) in [6, 6.07) is 4.60. The molecule has 2 heterocycles. The van der Waals surface area contributed by atoms with E-state index in [-0.39, 0.29) is 40.7 Å². The van der Waals surface area contributed by atoms with Gasteiger partial charge < -0.3 is 31.1 Å². The maximum absolute atomic E-state index is 13.0. The summed E-state index contributed by atoms with van der Waals surface area (Å²) < 4.78 is 5.41. The fourth-order valence-corrected chi connectivity index (χ4v) is 3.53. The van der Waals surface area contributed by atoms with Gasteiger partial charge in [-0.3, -0.25) is 9.59 Å². The molecule has 0 aliphatic carbocycles. The van der Waals surface area contributed by atoms with Crippen LogP contribution >= 0.6 is 11.3 Å². The molecule has 0 bridgehead atoms. The first kappa shape index (κ1) is 22.2. The van der Waals surface area contributed by atoms with E-state index in [0.717, 1.165) is 11.3 Å². The monoisotopic (exact) mass is 446 g/mol. The first-order valence-electron chi connectivity index (χ1n) is 9.15. The van der Waals surface area contributed by atoms with Crippen molar-refractivity contribution >= 4 is 47.0 Å². The molecule has 0 saturated heterocycles. The Kier molecular flexibility index (Phi) is 6.56. The number of aromatic nitrogens is 1. The number of aromatic carboxylic acids is 1. The van der Waals surface area contributed by atoms with Crippen molar-refractivity contribution in [3.05, 3.63) is 40.4 Å². The van der Waals surface area contributed by atoms with Crippen molar-refractivity contribution in [3.8, 4) is 5.75 Å². The minimum Gasteiger partial charge on any atom is -0.535 e. The highest BCUT2D eigenvalue weighted by Crippen LogP contribution is 2.36. The number of rotatable bonds is 8. The number of para-hydroxylation sites is 1. The third kappa shape index (κ3) is 5.01. The van der Waals surface area contributed by atoms with E-state index in [1.54, 1.807) is 12.1 Å². The Bertz CT molecular complexity index is 1060. The van der Waals surface area contributed by atoms with E-state index in [9.17, 15) is 24.5 Å². The summed E-state index contributed by atoms with van der Waals surface area (Å²) in [5.41, 5.74) is 11.2. The van der Waals surface area contributed by atoms with Gasteiger partial charge in [-0.25, -0.2) is 9.78 Å². The minimum atomic E-state index is -1.41. The number of ketones is 1. The maximum Gasteiger partial charge on any atom is 0.526 e. The van der Waals surface area contributed by atoms with Crippen molar-refractivity contribution in [2.45, 2.75) is 31.7 Å². The van der Waals surface area contributed by atoms with Crippen LogP contribution in [-0.2, 0) is 20.8 Å². The molecule has 11 nitrogen and oxygen atoms in total. The zero-order valence-corrected chi connectivity index (χ0v) is 17.2. The summed E-state index contributed by atoms with van der Waals surface area (Å²) in [5.74, 6) is -3.10. The van der Waals surface area contributed by atoms with Crippen molar-refractivity contribution in [1.82, 2.24) is 4.98 Å². The number of carbonyl (C=O) groups excluding carboxylic acids is 2. The van der Waals surface area contributed by atoms with Crippen molar-refractivity contribution in [2.75, 3.05) is 5.73 Å². The predicted octanol–water partition coefficient (Wildman–Crippen LogP) is 0.463. The Morgan fingerprint density at radius 1 is 1.45 bits per heavy atom. The molecule has 1 aromatic carbocycles. The summed E-state index contributed by atoms with van der Waals surface area (Å²) in [4.78, 5) is 44.6. The summed E-state index contributed by atoms with van der Waals surface area (Å²) in [5, 5.41) is 25.1. The van der Waals surface area contributed by atoms with E-state index in [0.29, 0.717) is 5.56 Å². The zero-order chi connectivity index (χ0) is 22.7. The molecule has 1 aliphatic rings. The smallest absolute Gasteiger partial charge is 0.526 e. The molecule has 1 aliphatic heterocycles. The number of Topliss-reactive ketones (excluding diaryl/α,β-unsaturated/α-hetero) is 1. The van der Waals surface area contributed by atoms with Gasteiger partial charge in [-0.2, -0.15) is 0 Å². The molecule has 0 radical (unpaired) electrons. The van der Waals surface area contributed by atoms with E-state index in [1.165, 1.54) is 18.4 Å². The van der Waals surface area contributed by atoms with Crippen LogP contribution in [0.5, 0.6) is 5.75 Å². The molecule has 2 aromatic rings. The lowest BCUT2D eigenvalue weighted by molar-refractivity contribution is -0.128. The summed E-state index contributed by atoms with van der Waals surface area (Å²) >= 11 is 1.09. The minimum absolute atomic E-state index is 0.0737. The number of amides is 1. The topological polar surface area (TPSA) is 187 Å². The van der Waals surface area contributed by atoms with Crippen LogP contribution in [0, 0.1) is 0 Å². The van der Waals surface area contributed by atoms with Crippen LogP contribution in [0.1, 0.15) is 35.0 Å². The molecule has 3 rings (SSSR count). The van der Waals surface area contributed by atoms with E-state index >= 15 is 0 Å². The Hall–Kier alpha value is -3.45.